The van der Waals surface area contributed by atoms with E-state index in [1.54, 1.807) is 19.2 Å². The lowest BCUT2D eigenvalue weighted by Gasteiger charge is -2.22. The van der Waals surface area contributed by atoms with Crippen LogP contribution in [0.1, 0.15) is 35.3 Å². The van der Waals surface area contributed by atoms with Crippen LogP contribution < -0.4 is 9.64 Å². The van der Waals surface area contributed by atoms with Gasteiger partial charge >= 0.3 is 0 Å². The Morgan fingerprint density at radius 3 is 2.18 bits per heavy atom. The van der Waals surface area contributed by atoms with Crippen LogP contribution in [0.3, 0.4) is 0 Å². The van der Waals surface area contributed by atoms with Crippen molar-refractivity contribution in [3.05, 3.63) is 59.2 Å². The first kappa shape index (κ1) is 16.1. The highest BCUT2D eigenvalue weighted by atomic mass is 16.5. The molecule has 0 amide bonds. The van der Waals surface area contributed by atoms with E-state index in [9.17, 15) is 4.79 Å². The van der Waals surface area contributed by atoms with Gasteiger partial charge in [-0.1, -0.05) is 0 Å². The second-order valence-corrected chi connectivity index (χ2v) is 5.23. The van der Waals surface area contributed by atoms with Crippen LogP contribution in [0, 0.1) is 6.92 Å². The van der Waals surface area contributed by atoms with E-state index < -0.39 is 0 Å². The molecule has 0 radical (unpaired) electrons. The number of anilines is 1. The third kappa shape index (κ3) is 3.30. The van der Waals surface area contributed by atoms with Crippen LogP contribution in [0.2, 0.25) is 0 Å². The molecule has 0 aliphatic heterocycles. The Morgan fingerprint density at radius 2 is 1.68 bits per heavy atom. The van der Waals surface area contributed by atoms with Gasteiger partial charge in [-0.25, -0.2) is 0 Å². The molecule has 3 heteroatoms. The Hall–Kier alpha value is -2.29. The molecule has 0 N–H and O–H groups in total. The number of ketones is 1. The summed E-state index contributed by atoms with van der Waals surface area (Å²) < 4.78 is 5.13. The minimum absolute atomic E-state index is 0.0475. The third-order valence-corrected chi connectivity index (χ3v) is 3.94. The molecular weight excluding hydrogens is 274 g/mol. The lowest BCUT2D eigenvalue weighted by atomic mass is 9.98. The van der Waals surface area contributed by atoms with E-state index in [-0.39, 0.29) is 5.78 Å². The standard InChI is InChI=1S/C19H23NO2/c1-5-20(6-2)16-9-12-18(14(3)13-16)19(21)15-7-10-17(22-4)11-8-15/h7-13H,5-6H2,1-4H3. The Morgan fingerprint density at radius 1 is 1.05 bits per heavy atom. The van der Waals surface area contributed by atoms with E-state index in [0.717, 1.165) is 35.7 Å². The van der Waals surface area contributed by atoms with Crippen molar-refractivity contribution in [2.75, 3.05) is 25.1 Å². The van der Waals surface area contributed by atoms with E-state index >= 15 is 0 Å². The SMILES string of the molecule is CCN(CC)c1ccc(C(=O)c2ccc(OC)cc2)c(C)c1. The Labute approximate surface area is 132 Å². The first-order valence-corrected chi connectivity index (χ1v) is 7.65. The van der Waals surface area contributed by atoms with E-state index in [1.807, 2.05) is 31.2 Å². The van der Waals surface area contributed by atoms with Gasteiger partial charge in [0.05, 0.1) is 7.11 Å². The molecule has 2 aromatic carbocycles. The lowest BCUT2D eigenvalue weighted by molar-refractivity contribution is 0.103. The van der Waals surface area contributed by atoms with Crippen molar-refractivity contribution in [3.8, 4) is 5.75 Å². The number of nitrogens with zero attached hydrogens (tertiary/aromatic N) is 1. The van der Waals surface area contributed by atoms with E-state index in [4.69, 9.17) is 4.74 Å². The summed E-state index contributed by atoms with van der Waals surface area (Å²) in [5.74, 6) is 0.802. The van der Waals surface area contributed by atoms with Crippen molar-refractivity contribution in [2.45, 2.75) is 20.8 Å². The van der Waals surface area contributed by atoms with Crippen LogP contribution >= 0.6 is 0 Å². The van der Waals surface area contributed by atoms with Crippen LogP contribution in [0.15, 0.2) is 42.5 Å². The second kappa shape index (κ2) is 7.12. The van der Waals surface area contributed by atoms with E-state index in [2.05, 4.69) is 24.8 Å². The molecule has 0 saturated carbocycles. The van der Waals surface area contributed by atoms with Gasteiger partial charge < -0.3 is 9.64 Å². The van der Waals surface area contributed by atoms with Crippen LogP contribution in [0.4, 0.5) is 5.69 Å². The van der Waals surface area contributed by atoms with Gasteiger partial charge in [0.25, 0.3) is 0 Å². The van der Waals surface area contributed by atoms with Crippen molar-refractivity contribution in [1.82, 2.24) is 0 Å². The molecule has 0 aliphatic rings. The Balaban J connectivity index is 2.29. The van der Waals surface area contributed by atoms with E-state index in [0.29, 0.717) is 5.56 Å². The largest absolute Gasteiger partial charge is 0.497 e. The number of ether oxygens (including phenoxy) is 1. The van der Waals surface area contributed by atoms with Gasteiger partial charge in [0.2, 0.25) is 0 Å². The van der Waals surface area contributed by atoms with Crippen LogP contribution in [-0.2, 0) is 0 Å². The van der Waals surface area contributed by atoms with Gasteiger partial charge in [-0.15, -0.1) is 0 Å². The maximum atomic E-state index is 12.6. The summed E-state index contributed by atoms with van der Waals surface area (Å²) in [6.07, 6.45) is 0. The van der Waals surface area contributed by atoms with Crippen molar-refractivity contribution in [2.24, 2.45) is 0 Å². The van der Waals surface area contributed by atoms with Crippen molar-refractivity contribution < 1.29 is 9.53 Å². The maximum absolute atomic E-state index is 12.6. The molecule has 0 bridgehead atoms. The predicted molar refractivity (Wildman–Crippen MR) is 91.2 cm³/mol. The van der Waals surface area contributed by atoms with Gasteiger partial charge in [-0.3, -0.25) is 4.79 Å². The molecule has 116 valence electrons. The molecule has 0 spiro atoms. The normalized spacial score (nSPS) is 10.4. The zero-order chi connectivity index (χ0) is 16.1. The minimum atomic E-state index is 0.0475. The molecule has 0 heterocycles. The summed E-state index contributed by atoms with van der Waals surface area (Å²) in [5, 5.41) is 0. The quantitative estimate of drug-likeness (QED) is 0.752. The smallest absolute Gasteiger partial charge is 0.193 e. The van der Waals surface area contributed by atoms with Crippen LogP contribution in [0.25, 0.3) is 0 Å². The summed E-state index contributed by atoms with van der Waals surface area (Å²) >= 11 is 0. The monoisotopic (exact) mass is 297 g/mol. The third-order valence-electron chi connectivity index (χ3n) is 3.94. The molecule has 0 saturated heterocycles. The zero-order valence-corrected chi connectivity index (χ0v) is 13.7. The molecule has 22 heavy (non-hydrogen) atoms. The van der Waals surface area contributed by atoms with Gasteiger partial charge in [-0.05, 0) is 68.8 Å². The van der Waals surface area contributed by atoms with Crippen molar-refractivity contribution in [1.29, 1.82) is 0 Å². The molecule has 2 rings (SSSR count). The van der Waals surface area contributed by atoms with Crippen LogP contribution in [0.5, 0.6) is 5.75 Å². The fourth-order valence-corrected chi connectivity index (χ4v) is 2.59. The molecule has 0 aliphatic carbocycles. The first-order chi connectivity index (χ1) is 10.6. The van der Waals surface area contributed by atoms with Gasteiger partial charge in [0, 0.05) is 29.9 Å². The summed E-state index contributed by atoms with van der Waals surface area (Å²) in [7, 11) is 1.62. The minimum Gasteiger partial charge on any atom is -0.497 e. The van der Waals surface area contributed by atoms with Crippen molar-refractivity contribution >= 4 is 11.5 Å². The Bertz CT molecular complexity index is 643. The molecular formula is C19H23NO2. The number of benzene rings is 2. The summed E-state index contributed by atoms with van der Waals surface area (Å²) in [6.45, 7) is 8.18. The highest BCUT2D eigenvalue weighted by molar-refractivity contribution is 6.10. The topological polar surface area (TPSA) is 29.5 Å². The predicted octanol–water partition coefficient (Wildman–Crippen LogP) is 4.08. The Kier molecular flexibility index (Phi) is 5.21. The number of hydrogen-bond donors (Lipinski definition) is 0. The second-order valence-electron chi connectivity index (χ2n) is 5.23. The molecule has 0 unspecified atom stereocenters. The summed E-state index contributed by atoms with van der Waals surface area (Å²) in [4.78, 5) is 14.9. The fraction of sp³-hybridized carbons (Fsp3) is 0.316. The number of hydrogen-bond acceptors (Lipinski definition) is 3. The van der Waals surface area contributed by atoms with Crippen LogP contribution in [-0.4, -0.2) is 26.0 Å². The zero-order valence-electron chi connectivity index (χ0n) is 13.7. The number of aryl methyl sites for hydroxylation is 1. The lowest BCUT2D eigenvalue weighted by Crippen LogP contribution is -2.22. The van der Waals surface area contributed by atoms with E-state index in [1.165, 1.54) is 0 Å². The van der Waals surface area contributed by atoms with Gasteiger partial charge in [0.15, 0.2) is 5.78 Å². The first-order valence-electron chi connectivity index (χ1n) is 7.65. The molecule has 0 atom stereocenters. The number of carbonyl (C=O) groups excluding carboxylic acids is 1. The highest BCUT2D eigenvalue weighted by Gasteiger charge is 2.13. The number of methoxy groups -OCH3 is 1. The number of rotatable bonds is 6. The summed E-state index contributed by atoms with van der Waals surface area (Å²) in [6, 6.07) is 13.3. The fourth-order valence-electron chi connectivity index (χ4n) is 2.59. The van der Waals surface area contributed by atoms with Gasteiger partial charge in [-0.2, -0.15) is 0 Å². The molecule has 0 fully saturated rings. The molecule has 3 nitrogen and oxygen atoms in total. The average molecular weight is 297 g/mol. The molecule has 2 aromatic rings. The highest BCUT2D eigenvalue weighted by Crippen LogP contribution is 2.22. The summed E-state index contributed by atoms with van der Waals surface area (Å²) in [5.41, 5.74) is 3.60. The average Bonchev–Trinajstić information content (AvgIpc) is 2.55. The maximum Gasteiger partial charge on any atom is 0.193 e. The van der Waals surface area contributed by atoms with Crippen molar-refractivity contribution in [3.63, 3.8) is 0 Å². The number of carbonyl (C=O) groups is 1. The van der Waals surface area contributed by atoms with Gasteiger partial charge in [0.1, 0.15) is 5.75 Å². The molecule has 0 aromatic heterocycles.